The van der Waals surface area contributed by atoms with Crippen molar-refractivity contribution in [2.24, 2.45) is 5.41 Å². The van der Waals surface area contributed by atoms with E-state index in [0.717, 1.165) is 0 Å². The largest absolute Gasteiger partial charge is 0.381 e. The molecule has 0 atom stereocenters. The molecule has 1 spiro atoms. The zero-order chi connectivity index (χ0) is 10.0. The van der Waals surface area contributed by atoms with E-state index < -0.39 is 0 Å². The van der Waals surface area contributed by atoms with Gasteiger partial charge in [-0.05, 0) is 57.2 Å². The number of rotatable bonds is 3. The number of ether oxygens (including phenoxy) is 1. The first-order chi connectivity index (χ1) is 6.78. The predicted molar refractivity (Wildman–Crippen MR) is 58.4 cm³/mol. The average molecular weight is 197 g/mol. The van der Waals surface area contributed by atoms with Crippen molar-refractivity contribution in [3.63, 3.8) is 0 Å². The minimum Gasteiger partial charge on any atom is -0.381 e. The first-order valence-electron chi connectivity index (χ1n) is 6.03. The molecule has 0 radical (unpaired) electrons. The topological polar surface area (TPSA) is 12.5 Å². The SMILES string of the molecule is CCCN1CCC2(CC1)CC(OC)C2. The molecule has 0 amide bonds. The van der Waals surface area contributed by atoms with Crippen molar-refractivity contribution in [3.8, 4) is 0 Å². The van der Waals surface area contributed by atoms with E-state index >= 15 is 0 Å². The molecule has 0 bridgehead atoms. The Morgan fingerprint density at radius 2 is 1.93 bits per heavy atom. The summed E-state index contributed by atoms with van der Waals surface area (Å²) >= 11 is 0. The summed E-state index contributed by atoms with van der Waals surface area (Å²) in [4.78, 5) is 2.62. The van der Waals surface area contributed by atoms with Crippen LogP contribution in [0.4, 0.5) is 0 Å². The lowest BCUT2D eigenvalue weighted by atomic mass is 9.61. The summed E-state index contributed by atoms with van der Waals surface area (Å²) in [6, 6.07) is 0. The molecule has 0 aromatic rings. The lowest BCUT2D eigenvalue weighted by Gasteiger charge is -2.51. The number of likely N-dealkylation sites (tertiary alicyclic amines) is 1. The van der Waals surface area contributed by atoms with Crippen molar-refractivity contribution in [2.45, 2.75) is 45.1 Å². The van der Waals surface area contributed by atoms with Crippen LogP contribution in [0, 0.1) is 5.41 Å². The molecule has 1 saturated heterocycles. The van der Waals surface area contributed by atoms with Crippen molar-refractivity contribution >= 4 is 0 Å². The quantitative estimate of drug-likeness (QED) is 0.688. The van der Waals surface area contributed by atoms with Gasteiger partial charge in [-0.1, -0.05) is 6.92 Å². The highest BCUT2D eigenvalue weighted by molar-refractivity contribution is 4.97. The molecule has 1 aliphatic carbocycles. The van der Waals surface area contributed by atoms with Gasteiger partial charge in [0.2, 0.25) is 0 Å². The van der Waals surface area contributed by atoms with Gasteiger partial charge in [0.15, 0.2) is 0 Å². The summed E-state index contributed by atoms with van der Waals surface area (Å²) in [5.41, 5.74) is 0.685. The fraction of sp³-hybridized carbons (Fsp3) is 1.00. The molecule has 1 saturated carbocycles. The van der Waals surface area contributed by atoms with E-state index in [9.17, 15) is 0 Å². The molecule has 2 aliphatic rings. The van der Waals surface area contributed by atoms with Crippen LogP contribution in [0.25, 0.3) is 0 Å². The second kappa shape index (κ2) is 4.19. The van der Waals surface area contributed by atoms with Crippen molar-refractivity contribution in [1.82, 2.24) is 4.90 Å². The standard InChI is InChI=1S/C12H23NO/c1-3-6-13-7-4-12(5-8-13)9-11(10-12)14-2/h11H,3-10H2,1-2H3. The minimum absolute atomic E-state index is 0.577. The third kappa shape index (κ3) is 1.96. The number of hydrogen-bond acceptors (Lipinski definition) is 2. The van der Waals surface area contributed by atoms with Crippen LogP contribution < -0.4 is 0 Å². The Bertz CT molecular complexity index is 177. The van der Waals surface area contributed by atoms with E-state index in [1.54, 1.807) is 0 Å². The van der Waals surface area contributed by atoms with Gasteiger partial charge >= 0.3 is 0 Å². The van der Waals surface area contributed by atoms with Crippen LogP contribution >= 0.6 is 0 Å². The number of hydrogen-bond donors (Lipinski definition) is 0. The summed E-state index contributed by atoms with van der Waals surface area (Å²) in [6.45, 7) is 6.22. The van der Waals surface area contributed by atoms with Gasteiger partial charge in [0.25, 0.3) is 0 Å². The maximum absolute atomic E-state index is 5.37. The molecule has 2 fully saturated rings. The zero-order valence-corrected chi connectivity index (χ0v) is 9.59. The summed E-state index contributed by atoms with van der Waals surface area (Å²) in [7, 11) is 1.85. The van der Waals surface area contributed by atoms with E-state index in [-0.39, 0.29) is 0 Å². The highest BCUT2D eigenvalue weighted by atomic mass is 16.5. The van der Waals surface area contributed by atoms with Gasteiger partial charge in [-0.25, -0.2) is 0 Å². The predicted octanol–water partition coefficient (Wildman–Crippen LogP) is 2.29. The number of methoxy groups -OCH3 is 1. The lowest BCUT2D eigenvalue weighted by molar-refractivity contribution is -0.0875. The second-order valence-corrected chi connectivity index (χ2v) is 5.11. The van der Waals surface area contributed by atoms with Crippen LogP contribution in [0.1, 0.15) is 39.0 Å². The molecule has 0 N–H and O–H groups in total. The average Bonchev–Trinajstić information content (AvgIpc) is 2.16. The van der Waals surface area contributed by atoms with Gasteiger partial charge in [0, 0.05) is 7.11 Å². The Kier molecular flexibility index (Phi) is 3.13. The van der Waals surface area contributed by atoms with Crippen LogP contribution in [0.2, 0.25) is 0 Å². The summed E-state index contributed by atoms with van der Waals surface area (Å²) in [6.07, 6.45) is 7.34. The molecule has 1 aliphatic heterocycles. The van der Waals surface area contributed by atoms with E-state index in [4.69, 9.17) is 4.74 Å². The summed E-state index contributed by atoms with van der Waals surface area (Å²) < 4.78 is 5.37. The molecular weight excluding hydrogens is 174 g/mol. The van der Waals surface area contributed by atoms with Gasteiger partial charge in [-0.2, -0.15) is 0 Å². The molecule has 82 valence electrons. The third-order valence-corrected chi connectivity index (χ3v) is 4.11. The van der Waals surface area contributed by atoms with Crippen molar-refractivity contribution in [1.29, 1.82) is 0 Å². The maximum atomic E-state index is 5.37. The monoisotopic (exact) mass is 197 g/mol. The third-order valence-electron chi connectivity index (χ3n) is 4.11. The Labute approximate surface area is 87.6 Å². The van der Waals surface area contributed by atoms with Crippen molar-refractivity contribution in [2.75, 3.05) is 26.7 Å². The maximum Gasteiger partial charge on any atom is 0.0582 e. The van der Waals surface area contributed by atoms with E-state index in [0.29, 0.717) is 11.5 Å². The van der Waals surface area contributed by atoms with E-state index in [2.05, 4.69) is 11.8 Å². The Morgan fingerprint density at radius 3 is 2.43 bits per heavy atom. The number of piperidine rings is 1. The van der Waals surface area contributed by atoms with Crippen LogP contribution in [0.5, 0.6) is 0 Å². The van der Waals surface area contributed by atoms with Gasteiger partial charge in [-0.3, -0.25) is 0 Å². The minimum atomic E-state index is 0.577. The van der Waals surface area contributed by atoms with E-state index in [1.807, 2.05) is 7.11 Å². The first-order valence-corrected chi connectivity index (χ1v) is 6.03. The van der Waals surface area contributed by atoms with Crippen molar-refractivity contribution in [3.05, 3.63) is 0 Å². The fourth-order valence-electron chi connectivity index (χ4n) is 3.05. The molecule has 2 rings (SSSR count). The molecule has 0 aromatic carbocycles. The molecule has 2 nitrogen and oxygen atoms in total. The number of nitrogens with zero attached hydrogens (tertiary/aromatic N) is 1. The van der Waals surface area contributed by atoms with Crippen LogP contribution in [0.3, 0.4) is 0 Å². The van der Waals surface area contributed by atoms with Crippen LogP contribution in [-0.2, 0) is 4.74 Å². The van der Waals surface area contributed by atoms with Gasteiger partial charge in [0.05, 0.1) is 6.10 Å². The highest BCUT2D eigenvalue weighted by Gasteiger charge is 2.45. The smallest absolute Gasteiger partial charge is 0.0582 e. The Hall–Kier alpha value is -0.0800. The first kappa shape index (κ1) is 10.4. The molecular formula is C12H23NO. The Balaban J connectivity index is 1.74. The highest BCUT2D eigenvalue weighted by Crippen LogP contribution is 2.49. The molecule has 1 heterocycles. The van der Waals surface area contributed by atoms with Gasteiger partial charge in [0.1, 0.15) is 0 Å². The van der Waals surface area contributed by atoms with Crippen molar-refractivity contribution < 1.29 is 4.74 Å². The van der Waals surface area contributed by atoms with Gasteiger partial charge in [-0.15, -0.1) is 0 Å². The van der Waals surface area contributed by atoms with Crippen LogP contribution in [-0.4, -0.2) is 37.7 Å². The molecule has 0 unspecified atom stereocenters. The zero-order valence-electron chi connectivity index (χ0n) is 9.59. The normalized spacial score (nSPS) is 27.9. The Morgan fingerprint density at radius 1 is 1.29 bits per heavy atom. The molecule has 2 heteroatoms. The summed E-state index contributed by atoms with van der Waals surface area (Å²) in [5, 5.41) is 0. The fourth-order valence-corrected chi connectivity index (χ4v) is 3.05. The molecule has 14 heavy (non-hydrogen) atoms. The lowest BCUT2D eigenvalue weighted by Crippen LogP contribution is -2.49. The van der Waals surface area contributed by atoms with Crippen LogP contribution in [0.15, 0.2) is 0 Å². The van der Waals surface area contributed by atoms with Gasteiger partial charge < -0.3 is 9.64 Å². The molecule has 0 aromatic heterocycles. The second-order valence-electron chi connectivity index (χ2n) is 5.11. The van der Waals surface area contributed by atoms with E-state index in [1.165, 1.54) is 51.7 Å². The summed E-state index contributed by atoms with van der Waals surface area (Å²) in [5.74, 6) is 0.